The molecule has 2 aliphatic rings. The van der Waals surface area contributed by atoms with Gasteiger partial charge in [-0.1, -0.05) is 34.1 Å². The van der Waals surface area contributed by atoms with Crippen molar-refractivity contribution in [2.75, 3.05) is 33.0 Å². The number of carbonyl (C=O) groups excluding carboxylic acids is 2. The Morgan fingerprint density at radius 3 is 2.15 bits per heavy atom. The third-order valence-corrected chi connectivity index (χ3v) is 8.08. The Labute approximate surface area is 232 Å². The summed E-state index contributed by atoms with van der Waals surface area (Å²) in [6.07, 6.45) is 4.13. The fourth-order valence-corrected chi connectivity index (χ4v) is 5.26. The van der Waals surface area contributed by atoms with Gasteiger partial charge in [0.15, 0.2) is 0 Å². The molecular formula is C32H42O7. The van der Waals surface area contributed by atoms with Crippen LogP contribution in [0.3, 0.4) is 0 Å². The first-order chi connectivity index (χ1) is 18.8. The van der Waals surface area contributed by atoms with Crippen LogP contribution in [0.25, 0.3) is 0 Å². The monoisotopic (exact) mass is 538 g/mol. The Bertz CT molecular complexity index is 1070. The average Bonchev–Trinajstić information content (AvgIpc) is 2.90. The molecule has 1 saturated carbocycles. The van der Waals surface area contributed by atoms with E-state index in [2.05, 4.69) is 27.7 Å². The normalized spacial score (nSPS) is 22.1. The van der Waals surface area contributed by atoms with E-state index in [1.807, 2.05) is 0 Å². The van der Waals surface area contributed by atoms with Crippen molar-refractivity contribution in [1.82, 2.24) is 0 Å². The molecule has 1 aliphatic carbocycles. The molecule has 0 spiro atoms. The second-order valence-corrected chi connectivity index (χ2v) is 11.5. The van der Waals surface area contributed by atoms with Crippen LogP contribution in [0.15, 0.2) is 48.5 Å². The summed E-state index contributed by atoms with van der Waals surface area (Å²) < 4.78 is 28.2. The SMILES string of the molecule is CCC1(COCCOc2ccc(OC(=O)c3ccc(C(=O)OC4CC(C)CCC4C(C)C)cc3)cc2)COC1. The zero-order valence-corrected chi connectivity index (χ0v) is 23.6. The van der Waals surface area contributed by atoms with Gasteiger partial charge in [0.1, 0.15) is 24.2 Å². The van der Waals surface area contributed by atoms with E-state index >= 15 is 0 Å². The summed E-state index contributed by atoms with van der Waals surface area (Å²) in [5, 5.41) is 0. The first kappa shape index (κ1) is 29.1. The number of ether oxygens (including phenoxy) is 5. The maximum atomic E-state index is 12.8. The van der Waals surface area contributed by atoms with Crippen molar-refractivity contribution in [1.29, 1.82) is 0 Å². The smallest absolute Gasteiger partial charge is 0.343 e. The third-order valence-electron chi connectivity index (χ3n) is 8.08. The first-order valence-electron chi connectivity index (χ1n) is 14.2. The number of esters is 2. The lowest BCUT2D eigenvalue weighted by molar-refractivity contribution is -0.151. The van der Waals surface area contributed by atoms with Crippen molar-refractivity contribution in [2.45, 2.75) is 59.5 Å². The summed E-state index contributed by atoms with van der Waals surface area (Å²) >= 11 is 0. The van der Waals surface area contributed by atoms with Crippen molar-refractivity contribution < 1.29 is 33.3 Å². The van der Waals surface area contributed by atoms with Gasteiger partial charge < -0.3 is 23.7 Å². The van der Waals surface area contributed by atoms with Crippen molar-refractivity contribution in [3.8, 4) is 11.5 Å². The summed E-state index contributed by atoms with van der Waals surface area (Å²) in [6.45, 7) is 11.9. The van der Waals surface area contributed by atoms with Gasteiger partial charge in [-0.15, -0.1) is 0 Å². The molecule has 3 atom stereocenters. The number of benzene rings is 2. The van der Waals surface area contributed by atoms with Gasteiger partial charge in [0.2, 0.25) is 0 Å². The summed E-state index contributed by atoms with van der Waals surface area (Å²) in [5.41, 5.74) is 0.959. The van der Waals surface area contributed by atoms with Gasteiger partial charge in [-0.3, -0.25) is 0 Å². The Hall–Kier alpha value is -2.90. The number of rotatable bonds is 12. The Kier molecular flexibility index (Phi) is 10.0. The molecule has 0 N–H and O–H groups in total. The fourth-order valence-electron chi connectivity index (χ4n) is 5.26. The van der Waals surface area contributed by atoms with Crippen LogP contribution >= 0.6 is 0 Å². The highest BCUT2D eigenvalue weighted by Gasteiger charge is 2.37. The Morgan fingerprint density at radius 2 is 1.56 bits per heavy atom. The average molecular weight is 539 g/mol. The van der Waals surface area contributed by atoms with E-state index in [0.29, 0.717) is 60.2 Å². The van der Waals surface area contributed by atoms with Gasteiger partial charge in [-0.25, -0.2) is 9.59 Å². The highest BCUT2D eigenvalue weighted by Crippen LogP contribution is 2.36. The largest absolute Gasteiger partial charge is 0.491 e. The van der Waals surface area contributed by atoms with Crippen LogP contribution in [-0.2, 0) is 14.2 Å². The number of carbonyl (C=O) groups is 2. The van der Waals surface area contributed by atoms with Crippen molar-refractivity contribution in [3.63, 3.8) is 0 Å². The van der Waals surface area contributed by atoms with E-state index in [0.717, 1.165) is 32.5 Å². The van der Waals surface area contributed by atoms with E-state index in [-0.39, 0.29) is 17.5 Å². The highest BCUT2D eigenvalue weighted by atomic mass is 16.5. The van der Waals surface area contributed by atoms with Crippen molar-refractivity contribution in [2.24, 2.45) is 23.2 Å². The molecule has 3 unspecified atom stereocenters. The lowest BCUT2D eigenvalue weighted by Gasteiger charge is -2.40. The van der Waals surface area contributed by atoms with Gasteiger partial charge in [0, 0.05) is 5.41 Å². The standard InChI is InChI=1S/C32H42O7/c1-5-32(20-36-21-32)19-35-16-17-37-26-11-13-27(14-12-26)38-30(33)24-7-9-25(10-8-24)31(34)39-29-18-23(4)6-15-28(29)22(2)3/h7-14,22-23,28-29H,5-6,15-21H2,1-4H3. The molecule has 0 amide bonds. The summed E-state index contributed by atoms with van der Waals surface area (Å²) in [6, 6.07) is 13.3. The lowest BCUT2D eigenvalue weighted by Crippen LogP contribution is -2.45. The molecule has 2 aromatic carbocycles. The highest BCUT2D eigenvalue weighted by molar-refractivity contribution is 5.94. The first-order valence-corrected chi connectivity index (χ1v) is 14.2. The maximum Gasteiger partial charge on any atom is 0.343 e. The van der Waals surface area contributed by atoms with E-state index in [4.69, 9.17) is 23.7 Å². The molecule has 4 rings (SSSR count). The minimum atomic E-state index is -0.497. The molecule has 0 aromatic heterocycles. The van der Waals surface area contributed by atoms with Crippen LogP contribution in [0.4, 0.5) is 0 Å². The molecule has 1 heterocycles. The second kappa shape index (κ2) is 13.4. The van der Waals surface area contributed by atoms with Gasteiger partial charge in [-0.05, 0) is 85.5 Å². The molecule has 2 aromatic rings. The third kappa shape index (κ3) is 7.83. The number of hydrogen-bond acceptors (Lipinski definition) is 7. The predicted octanol–water partition coefficient (Wildman–Crippen LogP) is 6.35. The Morgan fingerprint density at radius 1 is 0.923 bits per heavy atom. The number of hydrogen-bond donors (Lipinski definition) is 0. The maximum absolute atomic E-state index is 12.8. The molecule has 7 heteroatoms. The van der Waals surface area contributed by atoms with Crippen LogP contribution in [0.1, 0.15) is 74.1 Å². The van der Waals surface area contributed by atoms with Crippen LogP contribution in [-0.4, -0.2) is 51.1 Å². The molecule has 7 nitrogen and oxygen atoms in total. The van der Waals surface area contributed by atoms with Gasteiger partial charge in [0.05, 0.1) is 37.6 Å². The topological polar surface area (TPSA) is 80.3 Å². The zero-order valence-electron chi connectivity index (χ0n) is 23.6. The molecule has 0 radical (unpaired) electrons. The quantitative estimate of drug-likeness (QED) is 0.177. The van der Waals surface area contributed by atoms with Crippen molar-refractivity contribution in [3.05, 3.63) is 59.7 Å². The van der Waals surface area contributed by atoms with E-state index in [9.17, 15) is 9.59 Å². The molecule has 212 valence electrons. The minimum Gasteiger partial charge on any atom is -0.491 e. The van der Waals surface area contributed by atoms with Crippen LogP contribution in [0, 0.1) is 23.2 Å². The van der Waals surface area contributed by atoms with Gasteiger partial charge in [0.25, 0.3) is 0 Å². The summed E-state index contributed by atoms with van der Waals surface area (Å²) in [4.78, 5) is 25.4. The fraction of sp³-hybridized carbons (Fsp3) is 0.562. The zero-order chi connectivity index (χ0) is 27.8. The Balaban J connectivity index is 1.22. The molecule has 39 heavy (non-hydrogen) atoms. The van der Waals surface area contributed by atoms with Crippen LogP contribution in [0.5, 0.6) is 11.5 Å². The molecule has 1 saturated heterocycles. The molecule has 2 fully saturated rings. The summed E-state index contributed by atoms with van der Waals surface area (Å²) in [5.74, 6) is 1.64. The predicted molar refractivity (Wildman–Crippen MR) is 148 cm³/mol. The lowest BCUT2D eigenvalue weighted by atomic mass is 9.75. The molecule has 0 bridgehead atoms. The van der Waals surface area contributed by atoms with Crippen LogP contribution in [0.2, 0.25) is 0 Å². The van der Waals surface area contributed by atoms with Gasteiger partial charge in [-0.2, -0.15) is 0 Å². The van der Waals surface area contributed by atoms with Crippen LogP contribution < -0.4 is 9.47 Å². The van der Waals surface area contributed by atoms with Gasteiger partial charge >= 0.3 is 11.9 Å². The molecule has 1 aliphatic heterocycles. The molecular weight excluding hydrogens is 496 g/mol. The van der Waals surface area contributed by atoms with E-state index in [1.54, 1.807) is 48.5 Å². The summed E-state index contributed by atoms with van der Waals surface area (Å²) in [7, 11) is 0. The van der Waals surface area contributed by atoms with E-state index < -0.39 is 5.97 Å². The minimum absolute atomic E-state index is 0.0685. The van der Waals surface area contributed by atoms with Crippen molar-refractivity contribution >= 4 is 11.9 Å². The van der Waals surface area contributed by atoms with E-state index in [1.165, 1.54) is 6.42 Å². The second-order valence-electron chi connectivity index (χ2n) is 11.5.